The molecule has 2 aliphatic heterocycles. The molecule has 0 radical (unpaired) electrons. The number of rotatable bonds is 3. The summed E-state index contributed by atoms with van der Waals surface area (Å²) in [6.45, 7) is 2.94. The van der Waals surface area contributed by atoms with E-state index in [1.165, 1.54) is 32.1 Å². The summed E-state index contributed by atoms with van der Waals surface area (Å²) in [4.78, 5) is 0. The Kier molecular flexibility index (Phi) is 4.39. The largest absolute Gasteiger partial charge is 0.381 e. The van der Waals surface area contributed by atoms with Crippen LogP contribution in [0.25, 0.3) is 0 Å². The predicted molar refractivity (Wildman–Crippen MR) is 79.0 cm³/mol. The van der Waals surface area contributed by atoms with Crippen molar-refractivity contribution in [3.63, 3.8) is 0 Å². The molecule has 3 rings (SSSR count). The van der Waals surface area contributed by atoms with Gasteiger partial charge < -0.3 is 4.74 Å². The Labute approximate surface area is 122 Å². The molecule has 1 saturated carbocycles. The fraction of sp³-hybridized carbons (Fsp3) is 1.00. The molecule has 0 amide bonds. The molecule has 0 N–H and O–H groups in total. The van der Waals surface area contributed by atoms with E-state index in [0.717, 1.165) is 39.0 Å². The van der Waals surface area contributed by atoms with E-state index in [9.17, 15) is 8.42 Å². The van der Waals surface area contributed by atoms with Crippen molar-refractivity contribution in [3.8, 4) is 0 Å². The maximum atomic E-state index is 12.6. The molecule has 5 heteroatoms. The molecule has 0 aromatic carbocycles. The number of nitrogens with zero attached hydrogens (tertiary/aromatic N) is 1. The molecule has 0 aromatic heterocycles. The van der Waals surface area contributed by atoms with Crippen LogP contribution in [0.2, 0.25) is 0 Å². The van der Waals surface area contributed by atoms with Crippen molar-refractivity contribution in [1.82, 2.24) is 4.31 Å². The lowest BCUT2D eigenvalue weighted by atomic mass is 9.74. The number of hydrogen-bond donors (Lipinski definition) is 0. The minimum absolute atomic E-state index is 0.205. The molecule has 1 spiro atoms. The Hall–Kier alpha value is -0.130. The molecule has 1 atom stereocenters. The minimum atomic E-state index is -3.08. The molecule has 1 aliphatic carbocycles. The zero-order chi connectivity index (χ0) is 14.1. The maximum absolute atomic E-state index is 12.6. The van der Waals surface area contributed by atoms with E-state index >= 15 is 0 Å². The molecule has 0 bridgehead atoms. The van der Waals surface area contributed by atoms with Crippen LogP contribution in [0, 0.1) is 11.3 Å². The van der Waals surface area contributed by atoms with E-state index in [0.29, 0.717) is 17.8 Å². The predicted octanol–water partition coefficient (Wildman–Crippen LogP) is 2.40. The maximum Gasteiger partial charge on any atom is 0.214 e. The normalized spacial score (nSPS) is 31.7. The molecule has 4 nitrogen and oxygen atoms in total. The first-order chi connectivity index (χ1) is 9.60. The van der Waals surface area contributed by atoms with Crippen LogP contribution < -0.4 is 0 Å². The second-order valence-electron chi connectivity index (χ2n) is 7.01. The molecule has 20 heavy (non-hydrogen) atoms. The molecule has 2 saturated heterocycles. The number of ether oxygens (including phenoxy) is 1. The lowest BCUT2D eigenvalue weighted by Gasteiger charge is -2.33. The van der Waals surface area contributed by atoms with Crippen LogP contribution in [-0.4, -0.2) is 44.8 Å². The van der Waals surface area contributed by atoms with Crippen LogP contribution in [0.3, 0.4) is 0 Å². The third kappa shape index (κ3) is 3.20. The Morgan fingerprint density at radius 1 is 1.10 bits per heavy atom. The summed E-state index contributed by atoms with van der Waals surface area (Å²) in [5.41, 5.74) is 0.314. The SMILES string of the molecule is O=S(=O)(CC1CCCOC1)N1CCC2(CCCCC2)C1. The fourth-order valence-electron chi connectivity index (χ4n) is 4.18. The highest BCUT2D eigenvalue weighted by Crippen LogP contribution is 2.44. The summed E-state index contributed by atoms with van der Waals surface area (Å²) >= 11 is 0. The average molecular weight is 301 g/mol. The van der Waals surface area contributed by atoms with E-state index in [1.54, 1.807) is 4.31 Å². The Bertz CT molecular complexity index is 422. The Morgan fingerprint density at radius 3 is 2.60 bits per heavy atom. The van der Waals surface area contributed by atoms with Gasteiger partial charge in [0.15, 0.2) is 0 Å². The van der Waals surface area contributed by atoms with Crippen molar-refractivity contribution < 1.29 is 13.2 Å². The van der Waals surface area contributed by atoms with Crippen molar-refractivity contribution >= 4 is 10.0 Å². The van der Waals surface area contributed by atoms with Gasteiger partial charge in [0.05, 0.1) is 12.4 Å². The summed E-state index contributed by atoms with van der Waals surface area (Å²) in [6.07, 6.45) is 9.43. The van der Waals surface area contributed by atoms with E-state index in [2.05, 4.69) is 0 Å². The van der Waals surface area contributed by atoms with Gasteiger partial charge in [-0.15, -0.1) is 0 Å². The average Bonchev–Trinajstić information content (AvgIpc) is 2.85. The van der Waals surface area contributed by atoms with Gasteiger partial charge in [-0.3, -0.25) is 0 Å². The number of sulfonamides is 1. The van der Waals surface area contributed by atoms with E-state index in [4.69, 9.17) is 4.74 Å². The Morgan fingerprint density at radius 2 is 1.90 bits per heavy atom. The van der Waals surface area contributed by atoms with Crippen LogP contribution in [-0.2, 0) is 14.8 Å². The van der Waals surface area contributed by atoms with Crippen molar-refractivity contribution in [1.29, 1.82) is 0 Å². The minimum Gasteiger partial charge on any atom is -0.381 e. The highest BCUT2D eigenvalue weighted by Gasteiger charge is 2.43. The van der Waals surface area contributed by atoms with Crippen molar-refractivity contribution in [3.05, 3.63) is 0 Å². The summed E-state index contributed by atoms with van der Waals surface area (Å²) in [7, 11) is -3.08. The monoisotopic (exact) mass is 301 g/mol. The van der Waals surface area contributed by atoms with Gasteiger partial charge in [0.25, 0.3) is 0 Å². The molecule has 1 unspecified atom stereocenters. The molecular weight excluding hydrogens is 274 g/mol. The standard InChI is InChI=1S/C15H27NO3S/c17-20(18,12-14-5-4-10-19-11-14)16-9-8-15(13-16)6-2-1-3-7-15/h14H,1-13H2. The highest BCUT2D eigenvalue weighted by molar-refractivity contribution is 7.89. The third-order valence-electron chi connectivity index (χ3n) is 5.41. The molecule has 116 valence electrons. The van der Waals surface area contributed by atoms with Crippen LogP contribution in [0.5, 0.6) is 0 Å². The lowest BCUT2D eigenvalue weighted by Crippen LogP contribution is -2.37. The molecule has 0 aromatic rings. The summed E-state index contributed by atoms with van der Waals surface area (Å²) in [6, 6.07) is 0. The van der Waals surface area contributed by atoms with Crippen LogP contribution in [0.1, 0.15) is 51.4 Å². The van der Waals surface area contributed by atoms with Gasteiger partial charge in [-0.05, 0) is 43.4 Å². The highest BCUT2D eigenvalue weighted by atomic mass is 32.2. The van der Waals surface area contributed by atoms with Crippen LogP contribution in [0.4, 0.5) is 0 Å². The summed E-state index contributed by atoms with van der Waals surface area (Å²) in [5.74, 6) is 0.500. The van der Waals surface area contributed by atoms with Crippen molar-refractivity contribution in [2.24, 2.45) is 11.3 Å². The van der Waals surface area contributed by atoms with Gasteiger partial charge in [0, 0.05) is 19.7 Å². The first-order valence-corrected chi connectivity index (χ1v) is 9.76. The quantitative estimate of drug-likeness (QED) is 0.804. The third-order valence-corrected chi connectivity index (χ3v) is 7.40. The van der Waals surface area contributed by atoms with E-state index in [1.807, 2.05) is 0 Å². The van der Waals surface area contributed by atoms with Gasteiger partial charge in [-0.1, -0.05) is 19.3 Å². The first-order valence-electron chi connectivity index (χ1n) is 8.15. The van der Waals surface area contributed by atoms with Crippen molar-refractivity contribution in [2.45, 2.75) is 51.4 Å². The van der Waals surface area contributed by atoms with Gasteiger partial charge in [-0.2, -0.15) is 0 Å². The summed E-state index contributed by atoms with van der Waals surface area (Å²) < 4.78 is 32.4. The zero-order valence-electron chi connectivity index (χ0n) is 12.3. The van der Waals surface area contributed by atoms with Crippen molar-refractivity contribution in [2.75, 3.05) is 32.1 Å². The van der Waals surface area contributed by atoms with E-state index in [-0.39, 0.29) is 5.92 Å². The van der Waals surface area contributed by atoms with Gasteiger partial charge in [0.1, 0.15) is 0 Å². The first kappa shape index (κ1) is 14.8. The molecule has 3 fully saturated rings. The van der Waals surface area contributed by atoms with Crippen LogP contribution >= 0.6 is 0 Å². The van der Waals surface area contributed by atoms with Gasteiger partial charge in [-0.25, -0.2) is 12.7 Å². The van der Waals surface area contributed by atoms with Gasteiger partial charge >= 0.3 is 0 Å². The molecule has 2 heterocycles. The summed E-state index contributed by atoms with van der Waals surface area (Å²) in [5, 5.41) is 0. The van der Waals surface area contributed by atoms with Crippen LogP contribution in [0.15, 0.2) is 0 Å². The second-order valence-corrected chi connectivity index (χ2v) is 9.02. The Balaban J connectivity index is 1.60. The molecule has 3 aliphatic rings. The number of hydrogen-bond acceptors (Lipinski definition) is 3. The lowest BCUT2D eigenvalue weighted by molar-refractivity contribution is 0.0622. The van der Waals surface area contributed by atoms with Gasteiger partial charge in [0.2, 0.25) is 10.0 Å². The van der Waals surface area contributed by atoms with E-state index < -0.39 is 10.0 Å². The topological polar surface area (TPSA) is 46.6 Å². The fourth-order valence-corrected chi connectivity index (χ4v) is 6.09. The molecular formula is C15H27NO3S. The zero-order valence-corrected chi connectivity index (χ0v) is 13.2. The smallest absolute Gasteiger partial charge is 0.214 e. The second kappa shape index (κ2) is 5.93.